The number of methoxy groups -OCH3 is 3. The molecule has 0 amide bonds. The summed E-state index contributed by atoms with van der Waals surface area (Å²) in [4.78, 5) is 11.7. The Kier molecular flexibility index (Phi) is 24.0. The van der Waals surface area contributed by atoms with Gasteiger partial charge in [0, 0.05) is 67.4 Å². The Morgan fingerprint density at radius 3 is 2.35 bits per heavy atom. The van der Waals surface area contributed by atoms with E-state index >= 15 is 0 Å². The minimum Gasteiger partial charge on any atom is -0.464 e. The molecule has 0 saturated carbocycles. The Labute approximate surface area is 398 Å². The van der Waals surface area contributed by atoms with Crippen molar-refractivity contribution in [2.75, 3.05) is 34.5 Å². The second-order valence-corrected chi connectivity index (χ2v) is 19.1. The summed E-state index contributed by atoms with van der Waals surface area (Å²) in [5, 5.41) is 21.5. The van der Waals surface area contributed by atoms with Crippen LogP contribution in [0.15, 0.2) is 47.1 Å². The highest BCUT2D eigenvalue weighted by molar-refractivity contribution is 5.37. The zero-order chi connectivity index (χ0) is 48.6. The van der Waals surface area contributed by atoms with Gasteiger partial charge in [-0.05, 0) is 81.9 Å². The third kappa shape index (κ3) is 15.7. The van der Waals surface area contributed by atoms with Gasteiger partial charge in [-0.1, -0.05) is 78.3 Å². The largest absolute Gasteiger partial charge is 0.464 e. The fraction of sp³-hybridized carbons (Fsp3) is 0.827. The summed E-state index contributed by atoms with van der Waals surface area (Å²) in [6.45, 7) is 22.2. The number of rotatable bonds is 21. The van der Waals surface area contributed by atoms with Crippen molar-refractivity contribution in [3.05, 3.63) is 47.1 Å². The molecule has 66 heavy (non-hydrogen) atoms. The molecule has 18 atom stereocenters. The zero-order valence-corrected chi connectivity index (χ0v) is 42.6. The van der Waals surface area contributed by atoms with Crippen molar-refractivity contribution >= 4 is 6.47 Å². The summed E-state index contributed by atoms with van der Waals surface area (Å²) in [5.41, 5.74) is 3.00. The van der Waals surface area contributed by atoms with Crippen molar-refractivity contribution in [3.8, 4) is 0 Å². The summed E-state index contributed by atoms with van der Waals surface area (Å²) >= 11 is 0. The van der Waals surface area contributed by atoms with E-state index in [-0.39, 0.29) is 44.0 Å². The van der Waals surface area contributed by atoms with Gasteiger partial charge in [-0.2, -0.15) is 0 Å². The van der Waals surface area contributed by atoms with Crippen molar-refractivity contribution in [3.63, 3.8) is 0 Å². The first kappa shape index (κ1) is 56.5. The Bertz CT molecular complexity index is 1550. The normalized spacial score (nSPS) is 38.2. The van der Waals surface area contributed by atoms with E-state index in [4.69, 9.17) is 52.1 Å². The van der Waals surface area contributed by atoms with E-state index in [1.807, 2.05) is 40.7 Å². The number of aliphatic hydroxyl groups excluding tert-OH is 2. The molecule has 0 bridgehead atoms. The predicted octanol–water partition coefficient (Wildman–Crippen LogP) is 8.56. The average molecular weight is 939 g/mol. The smallest absolute Gasteiger partial charge is 0.293 e. The summed E-state index contributed by atoms with van der Waals surface area (Å²) in [5.74, 6) is -0.0986. The summed E-state index contributed by atoms with van der Waals surface area (Å²) in [6.07, 6.45) is 11.2. The van der Waals surface area contributed by atoms with Gasteiger partial charge in [-0.15, -0.1) is 0 Å². The number of carbonyl (C=O) groups excluding carboxylic acids is 1. The van der Waals surface area contributed by atoms with Crippen molar-refractivity contribution in [1.82, 2.24) is 0 Å². The second kappa shape index (κ2) is 28.0. The predicted molar refractivity (Wildman–Crippen MR) is 255 cm³/mol. The van der Waals surface area contributed by atoms with Gasteiger partial charge in [0.2, 0.25) is 0 Å². The summed E-state index contributed by atoms with van der Waals surface area (Å²) in [6, 6.07) is 0. The fourth-order valence-corrected chi connectivity index (χ4v) is 10.1. The van der Waals surface area contributed by atoms with Crippen LogP contribution in [0.1, 0.15) is 135 Å². The molecule has 5 aliphatic rings. The van der Waals surface area contributed by atoms with Crippen LogP contribution < -0.4 is 0 Å². The molecule has 5 rings (SSSR count). The molecule has 1 unspecified atom stereocenters. The molecular weight excluding hydrogens is 849 g/mol. The molecule has 382 valence electrons. The molecule has 14 heteroatoms. The fourth-order valence-electron chi connectivity index (χ4n) is 10.1. The van der Waals surface area contributed by atoms with E-state index in [2.05, 4.69) is 58.9 Å². The number of aliphatic hydroxyl groups is 2. The van der Waals surface area contributed by atoms with Gasteiger partial charge in [0.05, 0.1) is 55.4 Å². The number of carbonyl (C=O) groups is 1. The lowest BCUT2D eigenvalue weighted by molar-refractivity contribution is -0.340. The third-order valence-electron chi connectivity index (χ3n) is 14.2. The average Bonchev–Trinajstić information content (AvgIpc) is 3.79. The van der Waals surface area contributed by atoms with Crippen LogP contribution in [0.2, 0.25) is 0 Å². The van der Waals surface area contributed by atoms with E-state index in [1.54, 1.807) is 21.3 Å². The summed E-state index contributed by atoms with van der Waals surface area (Å²) < 4.78 is 68.1. The lowest BCUT2D eigenvalue weighted by Gasteiger charge is -2.50. The Hall–Kier alpha value is -2.05. The van der Waals surface area contributed by atoms with E-state index in [0.29, 0.717) is 70.0 Å². The molecular formula is C52H90O14. The van der Waals surface area contributed by atoms with E-state index in [0.717, 1.165) is 42.4 Å². The van der Waals surface area contributed by atoms with Gasteiger partial charge >= 0.3 is 0 Å². The van der Waals surface area contributed by atoms with Crippen LogP contribution in [0, 0.1) is 17.8 Å². The minimum atomic E-state index is -0.804. The van der Waals surface area contributed by atoms with Crippen LogP contribution in [0.5, 0.6) is 0 Å². The van der Waals surface area contributed by atoms with Crippen molar-refractivity contribution in [2.24, 2.45) is 17.8 Å². The highest BCUT2D eigenvalue weighted by atomic mass is 16.7. The van der Waals surface area contributed by atoms with Crippen LogP contribution in [0.3, 0.4) is 0 Å². The first-order valence-electron chi connectivity index (χ1n) is 24.9. The second-order valence-electron chi connectivity index (χ2n) is 19.1. The van der Waals surface area contributed by atoms with Crippen LogP contribution in [0.25, 0.3) is 0 Å². The first-order valence-corrected chi connectivity index (χ1v) is 24.9. The highest BCUT2D eigenvalue weighted by Gasteiger charge is 2.49. The van der Waals surface area contributed by atoms with E-state index < -0.39 is 55.0 Å². The Morgan fingerprint density at radius 2 is 1.67 bits per heavy atom. The lowest BCUT2D eigenvalue weighted by Crippen LogP contribution is -2.55. The minimum absolute atomic E-state index is 0. The molecule has 5 aliphatic heterocycles. The molecule has 0 aromatic heterocycles. The van der Waals surface area contributed by atoms with Gasteiger partial charge in [0.15, 0.2) is 18.4 Å². The third-order valence-corrected chi connectivity index (χ3v) is 14.2. The topological polar surface area (TPSA) is 159 Å². The zero-order valence-electron chi connectivity index (χ0n) is 42.6. The highest BCUT2D eigenvalue weighted by Crippen LogP contribution is 2.45. The SMILES string of the molecule is CC.CC[C@H](C)C1O[C@]2(CC[C@@H]1C)C[C@@H](OC=O)C[C@@H](C/C=C(\C)[C@@H](O[C@H]1C[C@H](OC)[C@@H](O[C@H]3C[C@H](OC)[C@@H](O)[C@H](C)O3)[C@H](C)O1)[C@@H](C)/C=C/C=C1\CO[C@H]([C@H](O)/C(C)=C\CCOC)C1)O2.[HH]. The van der Waals surface area contributed by atoms with E-state index in [1.165, 1.54) is 0 Å². The molecule has 0 aliphatic carbocycles. The van der Waals surface area contributed by atoms with Crippen molar-refractivity contribution < 1.29 is 68.5 Å². The molecule has 5 heterocycles. The molecule has 2 N–H and O–H groups in total. The van der Waals surface area contributed by atoms with Gasteiger partial charge in [-0.25, -0.2) is 0 Å². The molecule has 5 fully saturated rings. The van der Waals surface area contributed by atoms with Crippen molar-refractivity contribution in [2.45, 2.75) is 225 Å². The Balaban J connectivity index is 0.00000391. The molecule has 0 aromatic rings. The van der Waals surface area contributed by atoms with Gasteiger partial charge < -0.3 is 62.3 Å². The quantitative estimate of drug-likeness (QED) is 0.0641. The van der Waals surface area contributed by atoms with Crippen LogP contribution in [-0.2, 0) is 56.9 Å². The lowest BCUT2D eigenvalue weighted by atomic mass is 9.81. The van der Waals surface area contributed by atoms with Crippen LogP contribution >= 0.6 is 0 Å². The maximum Gasteiger partial charge on any atom is 0.293 e. The summed E-state index contributed by atoms with van der Waals surface area (Å²) in [7, 11) is 4.92. The van der Waals surface area contributed by atoms with Gasteiger partial charge in [-0.3, -0.25) is 4.79 Å². The monoisotopic (exact) mass is 939 g/mol. The molecule has 0 aromatic carbocycles. The number of hydrogen-bond donors (Lipinski definition) is 2. The number of allylic oxidation sites excluding steroid dienone is 2. The molecule has 5 saturated heterocycles. The number of hydrogen-bond acceptors (Lipinski definition) is 14. The van der Waals surface area contributed by atoms with Crippen LogP contribution in [-0.4, -0.2) is 143 Å². The Morgan fingerprint density at radius 1 is 0.955 bits per heavy atom. The van der Waals surface area contributed by atoms with Crippen LogP contribution in [0.4, 0.5) is 0 Å². The molecule has 1 spiro atoms. The van der Waals surface area contributed by atoms with Gasteiger partial charge in [0.1, 0.15) is 24.4 Å². The van der Waals surface area contributed by atoms with E-state index in [9.17, 15) is 15.0 Å². The number of ether oxygens (including phenoxy) is 11. The maximum absolute atomic E-state index is 11.7. The molecule has 0 radical (unpaired) electrons. The molecule has 14 nitrogen and oxygen atoms in total. The standard InChI is InChI=1S/C50H82O14.C2H6.H2/c1-12-30(2)48-34(6)20-21-50(64-48)27-39(58-29-51)24-38(63-50)19-18-33(5)47(32(4)15-13-17-37-23-41(57-28-37)45(52)31(3)16-14-22-54-9)61-44-26-42(56-11)49(36(8)60-44)62-43-25-40(55-10)46(53)35(7)59-43;1-2;/h13,15-18,29-30,32,34-36,38-49,52-53H,12,14,19-28H2,1-11H3;1-2H3;1H/b15-13+,31-16-,33-18+,37-17-;;/t30-,32-,34-,35-,36-,38+,39-,40-,41-,42-,43-,44-,45+,46-,47-,48?,49-,50+;;/m0../s1. The van der Waals surface area contributed by atoms with Crippen molar-refractivity contribution in [1.29, 1.82) is 0 Å². The maximum atomic E-state index is 11.7. The van der Waals surface area contributed by atoms with Gasteiger partial charge in [0.25, 0.3) is 6.47 Å². The first-order chi connectivity index (χ1) is 31.6.